The lowest BCUT2D eigenvalue weighted by atomic mass is 9.89. The van der Waals surface area contributed by atoms with E-state index in [1.165, 1.54) is 5.56 Å². The molecule has 130 valence electrons. The van der Waals surface area contributed by atoms with Crippen LogP contribution in [0.4, 0.5) is 0 Å². The molecule has 1 aromatic rings. The fourth-order valence-corrected chi connectivity index (χ4v) is 3.99. The minimum atomic E-state index is -0.362. The van der Waals surface area contributed by atoms with Crippen LogP contribution in [0, 0.1) is 12.8 Å². The van der Waals surface area contributed by atoms with Gasteiger partial charge in [0.25, 0.3) is 0 Å². The Bertz CT molecular complexity index is 625. The Hall–Kier alpha value is -1.65. The van der Waals surface area contributed by atoms with Crippen LogP contribution in [0.15, 0.2) is 30.3 Å². The Morgan fingerprint density at radius 2 is 2.12 bits per heavy atom. The minimum absolute atomic E-state index is 0.0392. The third-order valence-corrected chi connectivity index (χ3v) is 5.35. The standard InChI is InChI=1S/C20H27NO3/c1-14-6-3-4-7-16(14)15(2)12-20(23)21-10-5-8-18(21)17-13-24-11-9-19(17)22/h3-4,6-7,12,17-19,22H,5,8-11,13H2,1-2H3/b15-12+. The van der Waals surface area contributed by atoms with Gasteiger partial charge in [0.05, 0.1) is 12.7 Å². The predicted molar refractivity (Wildman–Crippen MR) is 94.5 cm³/mol. The van der Waals surface area contributed by atoms with Gasteiger partial charge in [0, 0.05) is 31.2 Å². The lowest BCUT2D eigenvalue weighted by Gasteiger charge is -2.36. The van der Waals surface area contributed by atoms with E-state index in [2.05, 4.69) is 19.1 Å². The van der Waals surface area contributed by atoms with Crippen LogP contribution < -0.4 is 0 Å². The summed E-state index contributed by atoms with van der Waals surface area (Å²) >= 11 is 0. The van der Waals surface area contributed by atoms with Crippen LogP contribution in [0.25, 0.3) is 5.57 Å². The van der Waals surface area contributed by atoms with Gasteiger partial charge < -0.3 is 14.7 Å². The van der Waals surface area contributed by atoms with Crippen LogP contribution in [0.3, 0.4) is 0 Å². The maximum atomic E-state index is 12.8. The number of allylic oxidation sites excluding steroid dienone is 1. The lowest BCUT2D eigenvalue weighted by Crippen LogP contribution is -2.47. The Morgan fingerprint density at radius 1 is 1.33 bits per heavy atom. The molecular formula is C20H27NO3. The maximum Gasteiger partial charge on any atom is 0.247 e. The van der Waals surface area contributed by atoms with Crippen LogP contribution in [-0.4, -0.2) is 47.8 Å². The SMILES string of the molecule is C/C(=C\C(=O)N1CCCC1C1COCCC1O)c1ccccc1C. The highest BCUT2D eigenvalue weighted by molar-refractivity contribution is 5.95. The van der Waals surface area contributed by atoms with Gasteiger partial charge in [-0.2, -0.15) is 0 Å². The molecule has 0 bridgehead atoms. The van der Waals surface area contributed by atoms with Crippen LogP contribution in [0.5, 0.6) is 0 Å². The third kappa shape index (κ3) is 3.55. The number of aryl methyl sites for hydroxylation is 1. The van der Waals surface area contributed by atoms with Gasteiger partial charge in [-0.05, 0) is 49.8 Å². The summed E-state index contributed by atoms with van der Waals surface area (Å²) in [5.41, 5.74) is 3.28. The molecule has 0 aliphatic carbocycles. The van der Waals surface area contributed by atoms with Crippen molar-refractivity contribution in [1.29, 1.82) is 0 Å². The van der Waals surface area contributed by atoms with Gasteiger partial charge in [-0.15, -0.1) is 0 Å². The molecule has 0 saturated carbocycles. The summed E-state index contributed by atoms with van der Waals surface area (Å²) < 4.78 is 5.55. The van der Waals surface area contributed by atoms with Crippen LogP contribution in [0.2, 0.25) is 0 Å². The van der Waals surface area contributed by atoms with E-state index >= 15 is 0 Å². The zero-order chi connectivity index (χ0) is 17.1. The number of likely N-dealkylation sites (tertiary alicyclic amines) is 1. The Balaban J connectivity index is 1.76. The van der Waals surface area contributed by atoms with E-state index in [4.69, 9.17) is 4.74 Å². The molecule has 2 saturated heterocycles. The summed E-state index contributed by atoms with van der Waals surface area (Å²) in [6.45, 7) is 5.99. The third-order valence-electron chi connectivity index (χ3n) is 5.35. The molecule has 3 rings (SSSR count). The molecule has 2 heterocycles. The van der Waals surface area contributed by atoms with Gasteiger partial charge in [-0.3, -0.25) is 4.79 Å². The van der Waals surface area contributed by atoms with Gasteiger partial charge in [0.15, 0.2) is 0 Å². The quantitative estimate of drug-likeness (QED) is 0.868. The lowest BCUT2D eigenvalue weighted by molar-refractivity contribution is -0.131. The summed E-state index contributed by atoms with van der Waals surface area (Å²) in [4.78, 5) is 14.8. The van der Waals surface area contributed by atoms with Crippen LogP contribution in [0.1, 0.15) is 37.3 Å². The van der Waals surface area contributed by atoms with Crippen molar-refractivity contribution in [1.82, 2.24) is 4.90 Å². The number of carbonyl (C=O) groups is 1. The van der Waals surface area contributed by atoms with E-state index in [9.17, 15) is 9.90 Å². The molecule has 1 aromatic carbocycles. The van der Waals surface area contributed by atoms with Crippen molar-refractivity contribution in [3.63, 3.8) is 0 Å². The highest BCUT2D eigenvalue weighted by Crippen LogP contribution is 2.30. The van der Waals surface area contributed by atoms with E-state index in [0.717, 1.165) is 30.5 Å². The largest absolute Gasteiger partial charge is 0.393 e. The predicted octanol–water partition coefficient (Wildman–Crippen LogP) is 2.79. The number of amides is 1. The number of ether oxygens (including phenoxy) is 1. The summed E-state index contributed by atoms with van der Waals surface area (Å²) in [5.74, 6) is 0.0911. The minimum Gasteiger partial charge on any atom is -0.393 e. The molecule has 2 aliphatic heterocycles. The summed E-state index contributed by atoms with van der Waals surface area (Å²) in [6.07, 6.45) is 4.00. The number of carbonyl (C=O) groups excluding carboxylic acids is 1. The second-order valence-electron chi connectivity index (χ2n) is 6.98. The molecule has 1 N–H and O–H groups in total. The van der Waals surface area contributed by atoms with E-state index < -0.39 is 0 Å². The van der Waals surface area contributed by atoms with Crippen LogP contribution in [-0.2, 0) is 9.53 Å². The van der Waals surface area contributed by atoms with Crippen molar-refractivity contribution < 1.29 is 14.6 Å². The second kappa shape index (κ2) is 7.49. The molecule has 4 nitrogen and oxygen atoms in total. The smallest absolute Gasteiger partial charge is 0.247 e. The van der Waals surface area contributed by atoms with Crippen molar-refractivity contribution >= 4 is 11.5 Å². The van der Waals surface area contributed by atoms with Gasteiger partial charge in [-0.25, -0.2) is 0 Å². The van der Waals surface area contributed by atoms with Crippen molar-refractivity contribution in [2.45, 2.75) is 45.3 Å². The van der Waals surface area contributed by atoms with Gasteiger partial charge in [0.1, 0.15) is 0 Å². The highest BCUT2D eigenvalue weighted by Gasteiger charge is 2.39. The maximum absolute atomic E-state index is 12.8. The second-order valence-corrected chi connectivity index (χ2v) is 6.98. The van der Waals surface area contributed by atoms with Gasteiger partial charge in [0.2, 0.25) is 5.91 Å². The first kappa shape index (κ1) is 17.2. The first-order chi connectivity index (χ1) is 11.6. The summed E-state index contributed by atoms with van der Waals surface area (Å²) in [6, 6.07) is 8.21. The molecule has 2 aliphatic rings. The number of benzene rings is 1. The number of hydrogen-bond donors (Lipinski definition) is 1. The van der Waals surface area contributed by atoms with E-state index in [1.54, 1.807) is 6.08 Å². The zero-order valence-electron chi connectivity index (χ0n) is 14.6. The number of rotatable bonds is 3. The molecule has 3 unspecified atom stereocenters. The van der Waals surface area contributed by atoms with E-state index in [0.29, 0.717) is 19.6 Å². The topological polar surface area (TPSA) is 49.8 Å². The molecule has 3 atom stereocenters. The van der Waals surface area contributed by atoms with E-state index in [1.807, 2.05) is 24.0 Å². The monoisotopic (exact) mass is 329 g/mol. The molecule has 0 spiro atoms. The van der Waals surface area contributed by atoms with Crippen molar-refractivity contribution in [2.75, 3.05) is 19.8 Å². The van der Waals surface area contributed by atoms with Gasteiger partial charge in [-0.1, -0.05) is 24.3 Å². The Morgan fingerprint density at radius 3 is 2.88 bits per heavy atom. The summed E-state index contributed by atoms with van der Waals surface area (Å²) in [5, 5.41) is 10.3. The molecule has 4 heteroatoms. The molecule has 2 fully saturated rings. The average molecular weight is 329 g/mol. The number of nitrogens with zero attached hydrogens (tertiary/aromatic N) is 1. The molecule has 0 radical (unpaired) electrons. The van der Waals surface area contributed by atoms with E-state index in [-0.39, 0.29) is 24.0 Å². The number of aliphatic hydroxyl groups is 1. The fourth-order valence-electron chi connectivity index (χ4n) is 3.99. The van der Waals surface area contributed by atoms with Crippen molar-refractivity contribution in [3.8, 4) is 0 Å². The Labute approximate surface area is 144 Å². The molecule has 1 amide bonds. The molecule has 0 aromatic heterocycles. The Kier molecular flexibility index (Phi) is 5.36. The number of aliphatic hydroxyl groups excluding tert-OH is 1. The average Bonchev–Trinajstić information content (AvgIpc) is 3.05. The summed E-state index contributed by atoms with van der Waals surface area (Å²) in [7, 11) is 0. The van der Waals surface area contributed by atoms with Gasteiger partial charge >= 0.3 is 0 Å². The van der Waals surface area contributed by atoms with Crippen LogP contribution >= 0.6 is 0 Å². The van der Waals surface area contributed by atoms with Crippen molar-refractivity contribution in [2.24, 2.45) is 5.92 Å². The van der Waals surface area contributed by atoms with Crippen molar-refractivity contribution in [3.05, 3.63) is 41.5 Å². The number of hydrogen-bond acceptors (Lipinski definition) is 3. The first-order valence-corrected chi connectivity index (χ1v) is 8.88. The zero-order valence-corrected chi connectivity index (χ0v) is 14.6. The molecule has 24 heavy (non-hydrogen) atoms. The fraction of sp³-hybridized carbons (Fsp3) is 0.550. The highest BCUT2D eigenvalue weighted by atomic mass is 16.5. The first-order valence-electron chi connectivity index (χ1n) is 8.88. The normalized spacial score (nSPS) is 28.2. The molecular weight excluding hydrogens is 302 g/mol.